The molecule has 2 heterocycles. The Hall–Kier alpha value is -2.02. The monoisotopic (exact) mass is 337 g/mol. The lowest BCUT2D eigenvalue weighted by Crippen LogP contribution is -2.47. The van der Waals surface area contributed by atoms with Crippen molar-refractivity contribution in [1.29, 1.82) is 0 Å². The number of aliphatic hydroxyl groups excluding tert-OH is 1. The normalized spacial score (nSPS) is 16.7. The number of hydrogen-bond donors (Lipinski definition) is 2. The van der Waals surface area contributed by atoms with Crippen LogP contribution >= 0.6 is 0 Å². The van der Waals surface area contributed by atoms with Gasteiger partial charge < -0.3 is 24.6 Å². The molecule has 1 aromatic rings. The van der Waals surface area contributed by atoms with E-state index in [1.165, 1.54) is 0 Å². The number of rotatable bonds is 6. The number of piperidine rings is 1. The zero-order valence-electron chi connectivity index (χ0n) is 14.4. The van der Waals surface area contributed by atoms with Crippen molar-refractivity contribution in [2.45, 2.75) is 19.3 Å². The Kier molecular flexibility index (Phi) is 6.66. The lowest BCUT2D eigenvalue weighted by Gasteiger charge is -2.33. The fourth-order valence-corrected chi connectivity index (χ4v) is 2.92. The first kappa shape index (κ1) is 18.3. The van der Waals surface area contributed by atoms with Crippen molar-refractivity contribution < 1.29 is 19.1 Å². The first-order valence-electron chi connectivity index (χ1n) is 8.38. The molecule has 0 saturated carbocycles. The molecule has 7 nitrogen and oxygen atoms in total. The number of amides is 3. The fraction of sp³-hybridized carbons (Fsp3) is 0.647. The highest BCUT2D eigenvalue weighted by Crippen LogP contribution is 2.18. The van der Waals surface area contributed by atoms with E-state index in [0.29, 0.717) is 38.9 Å². The third-order valence-electron chi connectivity index (χ3n) is 4.41. The molecule has 7 heteroatoms. The van der Waals surface area contributed by atoms with E-state index in [1.54, 1.807) is 30.2 Å². The molecule has 0 spiro atoms. The predicted octanol–water partition coefficient (Wildman–Crippen LogP) is 0.940. The highest BCUT2D eigenvalue weighted by Gasteiger charge is 2.28. The van der Waals surface area contributed by atoms with E-state index < -0.39 is 0 Å². The Bertz CT molecular complexity index is 522. The lowest BCUT2D eigenvalue weighted by atomic mass is 9.95. The number of carbonyl (C=O) groups is 2. The zero-order chi connectivity index (χ0) is 17.5. The van der Waals surface area contributed by atoms with Crippen LogP contribution in [0.1, 0.15) is 18.6 Å². The average molecular weight is 337 g/mol. The third-order valence-corrected chi connectivity index (χ3v) is 4.41. The van der Waals surface area contributed by atoms with Crippen molar-refractivity contribution in [3.05, 3.63) is 24.2 Å². The van der Waals surface area contributed by atoms with Gasteiger partial charge in [-0.15, -0.1) is 0 Å². The van der Waals surface area contributed by atoms with Crippen LogP contribution in [0.25, 0.3) is 0 Å². The van der Waals surface area contributed by atoms with Crippen molar-refractivity contribution in [3.63, 3.8) is 0 Å². The minimum Gasteiger partial charge on any atom is -0.469 e. The molecule has 0 unspecified atom stereocenters. The molecule has 1 aliphatic heterocycles. The van der Waals surface area contributed by atoms with Crippen LogP contribution in [0.15, 0.2) is 22.8 Å². The molecule has 3 amide bonds. The number of nitrogens with one attached hydrogen (secondary N) is 1. The molecule has 0 radical (unpaired) electrons. The van der Waals surface area contributed by atoms with Gasteiger partial charge in [0.05, 0.1) is 6.26 Å². The summed E-state index contributed by atoms with van der Waals surface area (Å²) in [4.78, 5) is 27.5. The molecule has 1 aromatic heterocycles. The largest absolute Gasteiger partial charge is 0.469 e. The standard InChI is InChI=1S/C17H27N3O4/c1-19(2)17(23)20-7-5-14(6-8-20)16(22)18-11-13(12-21)10-15-4-3-9-24-15/h3-4,9,13-14,21H,5-8,10-12H2,1-2H3,(H,18,22)/t13-/m0/s1. The molecule has 2 N–H and O–H groups in total. The molecule has 0 aromatic carbocycles. The van der Waals surface area contributed by atoms with Gasteiger partial charge in [0.1, 0.15) is 5.76 Å². The lowest BCUT2D eigenvalue weighted by molar-refractivity contribution is -0.126. The van der Waals surface area contributed by atoms with Gasteiger partial charge in [0.15, 0.2) is 0 Å². The van der Waals surface area contributed by atoms with Crippen LogP contribution in [0.3, 0.4) is 0 Å². The van der Waals surface area contributed by atoms with E-state index >= 15 is 0 Å². The maximum atomic E-state index is 12.3. The second-order valence-electron chi connectivity index (χ2n) is 6.52. The number of hydrogen-bond acceptors (Lipinski definition) is 4. The van der Waals surface area contributed by atoms with Gasteiger partial charge in [-0.05, 0) is 25.0 Å². The van der Waals surface area contributed by atoms with Gasteiger partial charge in [-0.2, -0.15) is 0 Å². The van der Waals surface area contributed by atoms with Gasteiger partial charge in [0.25, 0.3) is 0 Å². The SMILES string of the molecule is CN(C)C(=O)N1CCC(C(=O)NC[C@@H](CO)Cc2ccco2)CC1. The number of aliphatic hydroxyl groups is 1. The molecule has 134 valence electrons. The Morgan fingerprint density at radius 1 is 1.42 bits per heavy atom. The summed E-state index contributed by atoms with van der Waals surface area (Å²) in [6.45, 7) is 1.62. The van der Waals surface area contributed by atoms with E-state index in [4.69, 9.17) is 4.42 Å². The highest BCUT2D eigenvalue weighted by molar-refractivity contribution is 5.79. The van der Waals surface area contributed by atoms with E-state index in [-0.39, 0.29) is 30.4 Å². The predicted molar refractivity (Wildman–Crippen MR) is 89.4 cm³/mol. The van der Waals surface area contributed by atoms with E-state index in [0.717, 1.165) is 5.76 Å². The van der Waals surface area contributed by atoms with Crippen LogP contribution in [0.4, 0.5) is 4.79 Å². The molecule has 0 aliphatic carbocycles. The maximum Gasteiger partial charge on any atom is 0.319 e. The molecular weight excluding hydrogens is 310 g/mol. The molecular formula is C17H27N3O4. The molecule has 1 fully saturated rings. The Labute approximate surface area is 142 Å². The van der Waals surface area contributed by atoms with Crippen molar-refractivity contribution in [2.75, 3.05) is 40.3 Å². The van der Waals surface area contributed by atoms with Crippen LogP contribution in [0.5, 0.6) is 0 Å². The maximum absolute atomic E-state index is 12.3. The number of urea groups is 1. The third kappa shape index (κ3) is 4.99. The second kappa shape index (κ2) is 8.73. The summed E-state index contributed by atoms with van der Waals surface area (Å²) >= 11 is 0. The number of carbonyl (C=O) groups excluding carboxylic acids is 2. The molecule has 2 rings (SSSR count). The molecule has 1 atom stereocenters. The summed E-state index contributed by atoms with van der Waals surface area (Å²) in [5.41, 5.74) is 0. The molecule has 24 heavy (non-hydrogen) atoms. The Morgan fingerprint density at radius 2 is 2.12 bits per heavy atom. The van der Waals surface area contributed by atoms with Crippen molar-refractivity contribution in [1.82, 2.24) is 15.1 Å². The van der Waals surface area contributed by atoms with Crippen molar-refractivity contribution in [3.8, 4) is 0 Å². The molecule has 1 aliphatic rings. The molecule has 1 saturated heterocycles. The van der Waals surface area contributed by atoms with Crippen molar-refractivity contribution in [2.24, 2.45) is 11.8 Å². The average Bonchev–Trinajstić information content (AvgIpc) is 3.10. The fourth-order valence-electron chi connectivity index (χ4n) is 2.92. The number of nitrogens with zero attached hydrogens (tertiary/aromatic N) is 2. The smallest absolute Gasteiger partial charge is 0.319 e. The zero-order valence-corrected chi connectivity index (χ0v) is 14.4. The summed E-state index contributed by atoms with van der Waals surface area (Å²) in [5, 5.41) is 12.4. The van der Waals surface area contributed by atoms with Gasteiger partial charge in [-0.25, -0.2) is 4.79 Å². The van der Waals surface area contributed by atoms with E-state index in [9.17, 15) is 14.7 Å². The van der Waals surface area contributed by atoms with Crippen LogP contribution in [-0.4, -0.2) is 67.2 Å². The summed E-state index contributed by atoms with van der Waals surface area (Å²) in [6, 6.07) is 3.67. The van der Waals surface area contributed by atoms with Gasteiger partial charge in [0.2, 0.25) is 5.91 Å². The first-order chi connectivity index (χ1) is 11.5. The summed E-state index contributed by atoms with van der Waals surface area (Å²) < 4.78 is 5.28. The van der Waals surface area contributed by atoms with Gasteiger partial charge >= 0.3 is 6.03 Å². The van der Waals surface area contributed by atoms with E-state index in [2.05, 4.69) is 5.32 Å². The Morgan fingerprint density at radius 3 is 2.67 bits per heavy atom. The van der Waals surface area contributed by atoms with Gasteiger partial charge in [-0.3, -0.25) is 4.79 Å². The van der Waals surface area contributed by atoms with Gasteiger partial charge in [-0.1, -0.05) is 0 Å². The van der Waals surface area contributed by atoms with E-state index in [1.807, 2.05) is 12.1 Å². The molecule has 0 bridgehead atoms. The van der Waals surface area contributed by atoms with Crippen LogP contribution in [0.2, 0.25) is 0 Å². The quantitative estimate of drug-likeness (QED) is 0.809. The second-order valence-corrected chi connectivity index (χ2v) is 6.52. The van der Waals surface area contributed by atoms with Crippen LogP contribution in [0, 0.1) is 11.8 Å². The minimum absolute atomic E-state index is 0.00321. The Balaban J connectivity index is 1.74. The summed E-state index contributed by atoms with van der Waals surface area (Å²) in [6.07, 6.45) is 3.55. The highest BCUT2D eigenvalue weighted by atomic mass is 16.3. The summed E-state index contributed by atoms with van der Waals surface area (Å²) in [5.74, 6) is 0.679. The number of furan rings is 1. The van der Waals surface area contributed by atoms with Crippen molar-refractivity contribution >= 4 is 11.9 Å². The topological polar surface area (TPSA) is 86.0 Å². The minimum atomic E-state index is -0.0702. The summed E-state index contributed by atoms with van der Waals surface area (Å²) in [7, 11) is 3.46. The number of likely N-dealkylation sites (tertiary alicyclic amines) is 1. The van der Waals surface area contributed by atoms with Crippen LogP contribution in [-0.2, 0) is 11.2 Å². The van der Waals surface area contributed by atoms with Gasteiger partial charge in [0, 0.05) is 58.6 Å². The first-order valence-corrected chi connectivity index (χ1v) is 8.38. The van der Waals surface area contributed by atoms with Crippen LogP contribution < -0.4 is 5.32 Å².